The molecule has 0 aromatic rings. The Morgan fingerprint density at radius 2 is 2.36 bits per heavy atom. The van der Waals surface area contributed by atoms with Crippen LogP contribution < -0.4 is 5.32 Å². The van der Waals surface area contributed by atoms with Crippen molar-refractivity contribution in [1.82, 2.24) is 5.32 Å². The number of aliphatic imine (C=N–C) groups is 1. The summed E-state index contributed by atoms with van der Waals surface area (Å²) in [7, 11) is 0. The van der Waals surface area contributed by atoms with Crippen molar-refractivity contribution < 1.29 is 20.1 Å². The van der Waals surface area contributed by atoms with Crippen molar-refractivity contribution in [2.45, 2.75) is 6.10 Å². The van der Waals surface area contributed by atoms with Gasteiger partial charge in [0, 0.05) is 6.21 Å². The number of rotatable bonds is 4. The number of carbonyl (C=O) groups excluding carboxylic acids is 1. The SMILES string of the molecule is O=C1NCC(O)=C1C=NC[C@H](O)CO. The van der Waals surface area contributed by atoms with Gasteiger partial charge in [-0.3, -0.25) is 9.79 Å². The van der Waals surface area contributed by atoms with Crippen molar-refractivity contribution in [2.75, 3.05) is 19.7 Å². The number of carbonyl (C=O) groups is 1. The van der Waals surface area contributed by atoms with Crippen LogP contribution in [0.5, 0.6) is 0 Å². The molecule has 1 aliphatic rings. The second-order valence-corrected chi connectivity index (χ2v) is 2.87. The van der Waals surface area contributed by atoms with Gasteiger partial charge in [-0.2, -0.15) is 0 Å². The Hall–Kier alpha value is -1.40. The van der Waals surface area contributed by atoms with E-state index in [1.165, 1.54) is 6.21 Å². The van der Waals surface area contributed by atoms with Gasteiger partial charge in [-0.1, -0.05) is 0 Å². The van der Waals surface area contributed by atoms with Gasteiger partial charge in [0.05, 0.1) is 31.4 Å². The van der Waals surface area contributed by atoms with Crippen LogP contribution in [0.1, 0.15) is 0 Å². The molecule has 0 saturated carbocycles. The van der Waals surface area contributed by atoms with E-state index in [9.17, 15) is 9.90 Å². The van der Waals surface area contributed by atoms with Gasteiger partial charge in [-0.05, 0) is 0 Å². The number of hydrogen-bond acceptors (Lipinski definition) is 5. The molecule has 0 aromatic heterocycles. The van der Waals surface area contributed by atoms with Crippen molar-refractivity contribution in [3.63, 3.8) is 0 Å². The maximum absolute atomic E-state index is 11.0. The molecule has 0 unspecified atom stereocenters. The van der Waals surface area contributed by atoms with Crippen molar-refractivity contribution in [2.24, 2.45) is 4.99 Å². The Bertz CT molecular complexity index is 285. The summed E-state index contributed by atoms with van der Waals surface area (Å²) < 4.78 is 0. The van der Waals surface area contributed by atoms with Gasteiger partial charge in [-0.15, -0.1) is 0 Å². The quantitative estimate of drug-likeness (QED) is 0.408. The molecule has 1 atom stereocenters. The largest absolute Gasteiger partial charge is 0.510 e. The van der Waals surface area contributed by atoms with Gasteiger partial charge < -0.3 is 20.6 Å². The van der Waals surface area contributed by atoms with Crippen LogP contribution >= 0.6 is 0 Å². The first-order valence-corrected chi connectivity index (χ1v) is 4.14. The van der Waals surface area contributed by atoms with Crippen LogP contribution in [0.2, 0.25) is 0 Å². The van der Waals surface area contributed by atoms with Gasteiger partial charge in [0.2, 0.25) is 0 Å². The molecule has 0 fully saturated rings. The van der Waals surface area contributed by atoms with Crippen molar-refractivity contribution in [1.29, 1.82) is 0 Å². The van der Waals surface area contributed by atoms with Crippen LogP contribution in [0.4, 0.5) is 0 Å². The van der Waals surface area contributed by atoms with E-state index in [1.54, 1.807) is 0 Å². The maximum atomic E-state index is 11.0. The zero-order valence-electron chi connectivity index (χ0n) is 7.47. The molecule has 0 spiro atoms. The highest BCUT2D eigenvalue weighted by Crippen LogP contribution is 2.05. The Labute approximate surface area is 80.6 Å². The van der Waals surface area contributed by atoms with Crippen LogP contribution in [0, 0.1) is 0 Å². The molecule has 1 amide bonds. The van der Waals surface area contributed by atoms with Crippen molar-refractivity contribution in [3.8, 4) is 0 Å². The fraction of sp³-hybridized carbons (Fsp3) is 0.500. The molecule has 1 heterocycles. The van der Waals surface area contributed by atoms with E-state index < -0.39 is 6.10 Å². The molecule has 4 N–H and O–H groups in total. The van der Waals surface area contributed by atoms with E-state index in [4.69, 9.17) is 10.2 Å². The molecule has 14 heavy (non-hydrogen) atoms. The molecule has 0 radical (unpaired) electrons. The predicted octanol–water partition coefficient (Wildman–Crippen LogP) is -1.65. The summed E-state index contributed by atoms with van der Waals surface area (Å²) in [6, 6.07) is 0. The average Bonchev–Trinajstić information content (AvgIpc) is 2.48. The molecule has 0 aromatic carbocycles. The summed E-state index contributed by atoms with van der Waals surface area (Å²) >= 11 is 0. The van der Waals surface area contributed by atoms with E-state index in [0.29, 0.717) is 0 Å². The zero-order valence-corrected chi connectivity index (χ0v) is 7.47. The Balaban J connectivity index is 2.51. The molecule has 78 valence electrons. The van der Waals surface area contributed by atoms with Crippen molar-refractivity contribution in [3.05, 3.63) is 11.3 Å². The molecule has 0 saturated heterocycles. The number of aliphatic hydroxyl groups excluding tert-OH is 3. The third-order valence-corrected chi connectivity index (χ3v) is 1.72. The summed E-state index contributed by atoms with van der Waals surface area (Å²) in [5, 5.41) is 29.0. The topological polar surface area (TPSA) is 102 Å². The molecule has 1 rings (SSSR count). The van der Waals surface area contributed by atoms with Gasteiger partial charge in [-0.25, -0.2) is 0 Å². The highest BCUT2D eigenvalue weighted by atomic mass is 16.3. The molecular weight excluding hydrogens is 188 g/mol. The Kier molecular flexibility index (Phi) is 3.61. The Morgan fingerprint density at radius 1 is 1.64 bits per heavy atom. The van der Waals surface area contributed by atoms with Crippen LogP contribution in [-0.2, 0) is 4.79 Å². The predicted molar refractivity (Wildman–Crippen MR) is 49.1 cm³/mol. The summed E-state index contributed by atoms with van der Waals surface area (Å²) in [6.45, 7) is -0.266. The lowest BCUT2D eigenvalue weighted by Crippen LogP contribution is -2.19. The normalized spacial score (nSPS) is 19.1. The highest BCUT2D eigenvalue weighted by Gasteiger charge is 2.19. The van der Waals surface area contributed by atoms with Crippen LogP contribution in [-0.4, -0.2) is 53.2 Å². The second-order valence-electron chi connectivity index (χ2n) is 2.87. The summed E-state index contributed by atoms with van der Waals surface area (Å²) in [5.74, 6) is -0.443. The van der Waals surface area contributed by atoms with Crippen LogP contribution in [0.25, 0.3) is 0 Å². The standard InChI is InChI=1S/C8H12N2O4/c11-4-5(12)1-9-2-6-7(13)3-10-8(6)14/h2,5,11-13H,1,3-4H2,(H,10,14)/t5-/m0/s1. The second kappa shape index (κ2) is 4.73. The van der Waals surface area contributed by atoms with Gasteiger partial charge in [0.25, 0.3) is 5.91 Å². The summed E-state index contributed by atoms with van der Waals surface area (Å²) in [4.78, 5) is 14.7. The van der Waals surface area contributed by atoms with Crippen molar-refractivity contribution >= 4 is 12.1 Å². The fourth-order valence-corrected chi connectivity index (χ4v) is 0.942. The fourth-order valence-electron chi connectivity index (χ4n) is 0.942. The lowest BCUT2D eigenvalue weighted by molar-refractivity contribution is -0.116. The van der Waals surface area contributed by atoms with E-state index >= 15 is 0 Å². The molecule has 0 aliphatic carbocycles. The van der Waals surface area contributed by atoms with Gasteiger partial charge >= 0.3 is 0 Å². The third-order valence-electron chi connectivity index (χ3n) is 1.72. The minimum atomic E-state index is -0.932. The summed E-state index contributed by atoms with van der Waals surface area (Å²) in [5.41, 5.74) is 0.107. The molecular formula is C8H12N2O4. The number of aliphatic hydroxyl groups is 3. The number of amides is 1. The van der Waals surface area contributed by atoms with E-state index in [2.05, 4.69) is 10.3 Å². The smallest absolute Gasteiger partial charge is 0.256 e. The lowest BCUT2D eigenvalue weighted by atomic mass is 10.3. The number of hydrogen-bond donors (Lipinski definition) is 4. The van der Waals surface area contributed by atoms with E-state index in [0.717, 1.165) is 0 Å². The third kappa shape index (κ3) is 2.54. The van der Waals surface area contributed by atoms with Crippen LogP contribution in [0.3, 0.4) is 0 Å². The average molecular weight is 200 g/mol. The molecule has 6 heteroatoms. The maximum Gasteiger partial charge on any atom is 0.256 e. The molecule has 1 aliphatic heterocycles. The van der Waals surface area contributed by atoms with E-state index in [-0.39, 0.29) is 36.9 Å². The molecule has 6 nitrogen and oxygen atoms in total. The highest BCUT2D eigenvalue weighted by molar-refractivity contribution is 6.14. The van der Waals surface area contributed by atoms with Crippen LogP contribution in [0.15, 0.2) is 16.3 Å². The first-order chi connectivity index (χ1) is 6.65. The number of nitrogens with one attached hydrogen (secondary N) is 1. The summed E-state index contributed by atoms with van der Waals surface area (Å²) in [6.07, 6.45) is 0.259. The minimum Gasteiger partial charge on any atom is -0.510 e. The first kappa shape index (κ1) is 10.7. The molecule has 0 bridgehead atoms. The Morgan fingerprint density at radius 3 is 2.86 bits per heavy atom. The monoisotopic (exact) mass is 200 g/mol. The first-order valence-electron chi connectivity index (χ1n) is 4.14. The zero-order chi connectivity index (χ0) is 10.6. The van der Waals surface area contributed by atoms with E-state index in [1.807, 2.05) is 0 Å². The van der Waals surface area contributed by atoms with Gasteiger partial charge in [0.1, 0.15) is 5.76 Å². The number of nitrogens with zero attached hydrogens (tertiary/aromatic N) is 1. The minimum absolute atomic E-state index is 0.000556. The van der Waals surface area contributed by atoms with Gasteiger partial charge in [0.15, 0.2) is 0 Å². The lowest BCUT2D eigenvalue weighted by Gasteiger charge is -2.00.